The van der Waals surface area contributed by atoms with Gasteiger partial charge in [-0.2, -0.15) is 4.98 Å². The fraction of sp³-hybridized carbons (Fsp3) is 0.238. The lowest BCUT2D eigenvalue weighted by atomic mass is 10.1. The summed E-state index contributed by atoms with van der Waals surface area (Å²) in [4.78, 5) is 4.49. The Morgan fingerprint density at radius 3 is 2.41 bits per heavy atom. The average molecular weight is 407 g/mol. The molecule has 0 aliphatic rings. The minimum Gasteiger partial charge on any atom is -0.497 e. The lowest BCUT2D eigenvalue weighted by Gasteiger charge is -2.07. The number of aromatic nitrogens is 5. The van der Waals surface area contributed by atoms with E-state index in [-0.39, 0.29) is 0 Å². The third kappa shape index (κ3) is 4.17. The van der Waals surface area contributed by atoms with Crippen molar-refractivity contribution in [1.29, 1.82) is 0 Å². The highest BCUT2D eigenvalue weighted by Gasteiger charge is 2.15. The van der Waals surface area contributed by atoms with Crippen molar-refractivity contribution in [2.45, 2.75) is 31.3 Å². The molecule has 2 aromatic heterocycles. The Hall–Kier alpha value is -3.13. The van der Waals surface area contributed by atoms with Gasteiger partial charge >= 0.3 is 0 Å². The van der Waals surface area contributed by atoms with Crippen LogP contribution in [0.5, 0.6) is 5.75 Å². The molecule has 0 unspecified atom stereocenters. The first-order valence-electron chi connectivity index (χ1n) is 9.28. The van der Waals surface area contributed by atoms with Gasteiger partial charge in [0.1, 0.15) is 5.75 Å². The van der Waals surface area contributed by atoms with Gasteiger partial charge in [-0.05, 0) is 38.1 Å². The molecule has 0 spiro atoms. The van der Waals surface area contributed by atoms with Gasteiger partial charge in [0.2, 0.25) is 11.7 Å². The summed E-state index contributed by atoms with van der Waals surface area (Å²) < 4.78 is 12.7. The van der Waals surface area contributed by atoms with E-state index in [1.807, 2.05) is 55.5 Å². The Morgan fingerprint density at radius 2 is 1.72 bits per heavy atom. The summed E-state index contributed by atoms with van der Waals surface area (Å²) in [5.74, 6) is 3.31. The molecule has 2 aromatic carbocycles. The van der Waals surface area contributed by atoms with Gasteiger partial charge in [0.25, 0.3) is 0 Å². The molecule has 8 heteroatoms. The summed E-state index contributed by atoms with van der Waals surface area (Å²) in [6.45, 7) is 4.88. The van der Waals surface area contributed by atoms with Gasteiger partial charge in [-0.1, -0.05) is 46.7 Å². The van der Waals surface area contributed by atoms with Crippen molar-refractivity contribution < 1.29 is 9.26 Å². The third-order valence-corrected chi connectivity index (χ3v) is 5.44. The Morgan fingerprint density at radius 1 is 1.00 bits per heavy atom. The van der Waals surface area contributed by atoms with Crippen LogP contribution in [0.25, 0.3) is 22.8 Å². The fourth-order valence-corrected chi connectivity index (χ4v) is 3.73. The fourth-order valence-electron chi connectivity index (χ4n) is 2.89. The maximum absolute atomic E-state index is 5.41. The van der Waals surface area contributed by atoms with E-state index in [2.05, 4.69) is 31.8 Å². The topological polar surface area (TPSA) is 78.9 Å². The highest BCUT2D eigenvalue weighted by Crippen LogP contribution is 2.27. The van der Waals surface area contributed by atoms with E-state index in [1.165, 1.54) is 17.3 Å². The number of methoxy groups -OCH3 is 1. The number of nitrogens with zero attached hydrogens (tertiary/aromatic N) is 5. The second-order valence-corrected chi connectivity index (χ2v) is 7.39. The van der Waals surface area contributed by atoms with Gasteiger partial charge < -0.3 is 13.8 Å². The Bertz CT molecular complexity index is 1090. The summed E-state index contributed by atoms with van der Waals surface area (Å²) in [5, 5.41) is 13.6. The number of hydrogen-bond donors (Lipinski definition) is 0. The van der Waals surface area contributed by atoms with Crippen molar-refractivity contribution in [1.82, 2.24) is 24.9 Å². The number of hydrogen-bond acceptors (Lipinski definition) is 7. The molecule has 0 saturated carbocycles. The van der Waals surface area contributed by atoms with Gasteiger partial charge in [-0.25, -0.2) is 0 Å². The van der Waals surface area contributed by atoms with Crippen LogP contribution in [0.15, 0.2) is 58.2 Å². The van der Waals surface area contributed by atoms with Crippen LogP contribution >= 0.6 is 11.8 Å². The van der Waals surface area contributed by atoms with E-state index >= 15 is 0 Å². The van der Waals surface area contributed by atoms with Gasteiger partial charge in [0.05, 0.1) is 12.9 Å². The van der Waals surface area contributed by atoms with Crippen LogP contribution in [0.1, 0.15) is 18.4 Å². The zero-order chi connectivity index (χ0) is 20.2. The van der Waals surface area contributed by atoms with Gasteiger partial charge in [0, 0.05) is 17.7 Å². The van der Waals surface area contributed by atoms with E-state index in [1.54, 1.807) is 7.11 Å². The van der Waals surface area contributed by atoms with Crippen molar-refractivity contribution >= 4 is 11.8 Å². The van der Waals surface area contributed by atoms with Crippen LogP contribution in [-0.4, -0.2) is 32.0 Å². The molecule has 0 aliphatic heterocycles. The Kier molecular flexibility index (Phi) is 5.62. The number of benzene rings is 2. The van der Waals surface area contributed by atoms with Crippen LogP contribution in [0, 0.1) is 6.92 Å². The predicted octanol–water partition coefficient (Wildman–Crippen LogP) is 4.62. The van der Waals surface area contributed by atoms with Crippen LogP contribution < -0.4 is 4.74 Å². The van der Waals surface area contributed by atoms with Crippen molar-refractivity contribution in [2.24, 2.45) is 0 Å². The number of thioether (sulfide) groups is 1. The number of ether oxygens (including phenoxy) is 1. The minimum absolute atomic E-state index is 0.527. The highest BCUT2D eigenvalue weighted by atomic mass is 32.2. The van der Waals surface area contributed by atoms with E-state index in [9.17, 15) is 0 Å². The van der Waals surface area contributed by atoms with Crippen molar-refractivity contribution in [3.05, 3.63) is 60.0 Å². The summed E-state index contributed by atoms with van der Waals surface area (Å²) in [5.41, 5.74) is 3.13. The molecular weight excluding hydrogens is 386 g/mol. The molecule has 0 amide bonds. The third-order valence-electron chi connectivity index (χ3n) is 4.48. The molecular formula is C21H21N5O2S. The normalized spacial score (nSPS) is 11.0. The largest absolute Gasteiger partial charge is 0.497 e. The van der Waals surface area contributed by atoms with Gasteiger partial charge in [0.15, 0.2) is 11.0 Å². The molecule has 4 rings (SSSR count). The number of aryl methyl sites for hydroxylation is 1. The quantitative estimate of drug-likeness (QED) is 0.413. The lowest BCUT2D eigenvalue weighted by Crippen LogP contribution is -2.00. The summed E-state index contributed by atoms with van der Waals surface area (Å²) in [6, 6.07) is 15.8. The molecule has 0 atom stereocenters. The molecule has 4 aromatic rings. The molecule has 0 saturated heterocycles. The standard InChI is InChI=1S/C21H21N5O2S/c1-4-26-20(16-9-11-17(27-3)12-10-16)23-24-21(26)29-13-18-22-19(25-28-18)15-7-5-14(2)6-8-15/h5-12H,4,13H2,1-3H3. The monoisotopic (exact) mass is 407 g/mol. The SMILES string of the molecule is CCn1c(SCc2nc(-c3ccc(C)cc3)no2)nnc1-c1ccc(OC)cc1. The molecule has 0 fully saturated rings. The second-order valence-electron chi connectivity index (χ2n) is 6.45. The van der Waals surface area contributed by atoms with Crippen LogP contribution in [0.4, 0.5) is 0 Å². The minimum atomic E-state index is 0.527. The first-order chi connectivity index (χ1) is 14.2. The average Bonchev–Trinajstić information content (AvgIpc) is 3.39. The van der Waals surface area contributed by atoms with Crippen LogP contribution in [0.3, 0.4) is 0 Å². The van der Waals surface area contributed by atoms with E-state index in [0.29, 0.717) is 17.5 Å². The smallest absolute Gasteiger partial charge is 0.237 e. The van der Waals surface area contributed by atoms with Crippen molar-refractivity contribution in [3.8, 4) is 28.5 Å². The molecule has 0 N–H and O–H groups in total. The molecule has 7 nitrogen and oxygen atoms in total. The molecule has 2 heterocycles. The Balaban J connectivity index is 1.49. The summed E-state index contributed by atoms with van der Waals surface area (Å²) in [7, 11) is 1.65. The molecule has 148 valence electrons. The van der Waals surface area contributed by atoms with Crippen molar-refractivity contribution in [3.63, 3.8) is 0 Å². The molecule has 0 radical (unpaired) electrons. The zero-order valence-corrected chi connectivity index (χ0v) is 17.3. The van der Waals surface area contributed by atoms with Gasteiger partial charge in [-0.15, -0.1) is 10.2 Å². The molecule has 29 heavy (non-hydrogen) atoms. The van der Waals surface area contributed by atoms with E-state index < -0.39 is 0 Å². The maximum atomic E-state index is 5.41. The number of rotatable bonds is 7. The lowest BCUT2D eigenvalue weighted by molar-refractivity contribution is 0.391. The molecule has 0 bridgehead atoms. The zero-order valence-electron chi connectivity index (χ0n) is 16.5. The van der Waals surface area contributed by atoms with E-state index in [4.69, 9.17) is 9.26 Å². The first-order valence-corrected chi connectivity index (χ1v) is 10.3. The first kappa shape index (κ1) is 19.2. The summed E-state index contributed by atoms with van der Waals surface area (Å²) >= 11 is 1.53. The van der Waals surface area contributed by atoms with Gasteiger partial charge in [-0.3, -0.25) is 0 Å². The molecule has 0 aliphatic carbocycles. The maximum Gasteiger partial charge on any atom is 0.237 e. The second kappa shape index (κ2) is 8.48. The Labute approximate surface area is 173 Å². The highest BCUT2D eigenvalue weighted by molar-refractivity contribution is 7.98. The predicted molar refractivity (Wildman–Crippen MR) is 112 cm³/mol. The van der Waals surface area contributed by atoms with Crippen LogP contribution in [0.2, 0.25) is 0 Å². The van der Waals surface area contributed by atoms with E-state index in [0.717, 1.165) is 34.4 Å². The van der Waals surface area contributed by atoms with Crippen molar-refractivity contribution in [2.75, 3.05) is 7.11 Å². The van der Waals surface area contributed by atoms with Crippen LogP contribution in [-0.2, 0) is 12.3 Å². The summed E-state index contributed by atoms with van der Waals surface area (Å²) in [6.07, 6.45) is 0.